The van der Waals surface area contributed by atoms with Crippen LogP contribution >= 0.6 is 23.4 Å². The number of hydrogen-bond donors (Lipinski definition) is 2. The van der Waals surface area contributed by atoms with E-state index >= 15 is 0 Å². The van der Waals surface area contributed by atoms with Gasteiger partial charge in [-0.3, -0.25) is 0 Å². The van der Waals surface area contributed by atoms with Gasteiger partial charge < -0.3 is 11.5 Å². The second kappa shape index (κ2) is 5.96. The monoisotopic (exact) mass is 228 g/mol. The maximum absolute atomic E-state index is 5.78. The molecule has 0 aromatic heterocycles. The fourth-order valence-corrected chi connectivity index (χ4v) is 1.94. The van der Waals surface area contributed by atoms with E-state index in [0.29, 0.717) is 11.6 Å². The number of thioether (sulfide) groups is 1. The van der Waals surface area contributed by atoms with Crippen LogP contribution in [0.25, 0.3) is 0 Å². The second-order valence-electron chi connectivity index (χ2n) is 2.70. The largest absolute Gasteiger partial charge is 0.398 e. The van der Waals surface area contributed by atoms with Crippen molar-refractivity contribution >= 4 is 29.1 Å². The Bertz CT molecular complexity index is 326. The first-order valence-electron chi connectivity index (χ1n) is 4.27. The lowest BCUT2D eigenvalue weighted by molar-refractivity contribution is 1.25. The summed E-state index contributed by atoms with van der Waals surface area (Å²) in [5.74, 6) is 0.878. The van der Waals surface area contributed by atoms with Crippen molar-refractivity contribution in [3.8, 4) is 0 Å². The lowest BCUT2D eigenvalue weighted by atomic mass is 10.3. The number of benzene rings is 1. The van der Waals surface area contributed by atoms with Crippen LogP contribution in [0.15, 0.2) is 35.2 Å². The minimum Gasteiger partial charge on any atom is -0.398 e. The van der Waals surface area contributed by atoms with Gasteiger partial charge in [0.15, 0.2) is 0 Å². The van der Waals surface area contributed by atoms with Gasteiger partial charge in [0.1, 0.15) is 0 Å². The molecule has 0 amide bonds. The Kier molecular flexibility index (Phi) is 4.87. The van der Waals surface area contributed by atoms with Crippen molar-refractivity contribution in [3.63, 3.8) is 0 Å². The Balaban J connectivity index is 2.55. The van der Waals surface area contributed by atoms with Gasteiger partial charge in [-0.05, 0) is 18.2 Å². The molecule has 0 aliphatic carbocycles. The summed E-state index contributed by atoms with van der Waals surface area (Å²) in [4.78, 5) is 1.05. The molecule has 0 spiro atoms. The highest BCUT2D eigenvalue weighted by atomic mass is 35.5. The van der Waals surface area contributed by atoms with Crippen molar-refractivity contribution in [3.05, 3.63) is 35.4 Å². The van der Waals surface area contributed by atoms with Crippen molar-refractivity contribution < 1.29 is 0 Å². The van der Waals surface area contributed by atoms with Crippen LogP contribution in [0.1, 0.15) is 0 Å². The fraction of sp³-hybridized carbons (Fsp3) is 0.200. The van der Waals surface area contributed by atoms with Crippen LogP contribution in [0, 0.1) is 0 Å². The third kappa shape index (κ3) is 3.62. The van der Waals surface area contributed by atoms with Crippen LogP contribution in [0.2, 0.25) is 5.02 Å². The lowest BCUT2D eigenvalue weighted by Gasteiger charge is -2.03. The molecule has 0 radical (unpaired) electrons. The summed E-state index contributed by atoms with van der Waals surface area (Å²) in [5, 5.41) is 0.671. The highest BCUT2D eigenvalue weighted by Gasteiger charge is 1.98. The normalized spacial score (nSPS) is 11.0. The molecule has 2 nitrogen and oxygen atoms in total. The average molecular weight is 229 g/mol. The molecule has 0 atom stereocenters. The van der Waals surface area contributed by atoms with E-state index in [4.69, 9.17) is 23.1 Å². The van der Waals surface area contributed by atoms with Gasteiger partial charge in [0.05, 0.1) is 0 Å². The van der Waals surface area contributed by atoms with E-state index in [0.717, 1.165) is 16.3 Å². The fourth-order valence-electron chi connectivity index (χ4n) is 0.953. The van der Waals surface area contributed by atoms with E-state index in [-0.39, 0.29) is 0 Å². The first-order chi connectivity index (χ1) is 6.74. The van der Waals surface area contributed by atoms with Crippen molar-refractivity contribution in [1.82, 2.24) is 0 Å². The van der Waals surface area contributed by atoms with Crippen LogP contribution in [0.5, 0.6) is 0 Å². The Morgan fingerprint density at radius 2 is 2.14 bits per heavy atom. The summed E-state index contributed by atoms with van der Waals surface area (Å²) < 4.78 is 0. The second-order valence-corrected chi connectivity index (χ2v) is 4.20. The highest BCUT2D eigenvalue weighted by molar-refractivity contribution is 7.99. The number of nitrogen functional groups attached to an aromatic ring is 1. The third-order valence-electron chi connectivity index (χ3n) is 1.61. The minimum absolute atomic E-state index is 0.580. The summed E-state index contributed by atoms with van der Waals surface area (Å²) >= 11 is 7.45. The molecule has 0 fully saturated rings. The first-order valence-corrected chi connectivity index (χ1v) is 5.63. The van der Waals surface area contributed by atoms with Gasteiger partial charge in [0.2, 0.25) is 0 Å². The molecule has 0 aliphatic rings. The summed E-state index contributed by atoms with van der Waals surface area (Å²) in [7, 11) is 0. The first kappa shape index (κ1) is 11.4. The van der Waals surface area contributed by atoms with E-state index in [2.05, 4.69) is 0 Å². The Labute approximate surface area is 93.3 Å². The highest BCUT2D eigenvalue weighted by Crippen LogP contribution is 2.27. The SMILES string of the molecule is NCC=CCSc1ccc(Cl)cc1N. The van der Waals surface area contributed by atoms with Crippen LogP contribution in [0.4, 0.5) is 5.69 Å². The molecule has 0 aliphatic heterocycles. The predicted octanol–water partition coefficient (Wildman–Crippen LogP) is 2.53. The van der Waals surface area contributed by atoms with E-state index in [1.165, 1.54) is 0 Å². The summed E-state index contributed by atoms with van der Waals surface area (Å²) in [6, 6.07) is 5.53. The van der Waals surface area contributed by atoms with Crippen LogP contribution in [-0.4, -0.2) is 12.3 Å². The number of halogens is 1. The van der Waals surface area contributed by atoms with Crippen LogP contribution < -0.4 is 11.5 Å². The van der Waals surface area contributed by atoms with Gasteiger partial charge in [-0.2, -0.15) is 0 Å². The van der Waals surface area contributed by atoms with Crippen LogP contribution in [-0.2, 0) is 0 Å². The number of anilines is 1. The molecule has 0 saturated heterocycles. The Morgan fingerprint density at radius 1 is 1.36 bits per heavy atom. The average Bonchev–Trinajstić information content (AvgIpc) is 2.15. The molecule has 4 heteroatoms. The van der Waals surface area contributed by atoms with Crippen molar-refractivity contribution in [2.45, 2.75) is 4.90 Å². The molecule has 4 N–H and O–H groups in total. The van der Waals surface area contributed by atoms with Gasteiger partial charge in [-0.1, -0.05) is 23.8 Å². The van der Waals surface area contributed by atoms with Crippen molar-refractivity contribution in [2.75, 3.05) is 18.0 Å². The standard InChI is InChI=1S/C10H13ClN2S/c11-8-3-4-10(9(13)7-8)14-6-2-1-5-12/h1-4,7H,5-6,12-13H2. The van der Waals surface area contributed by atoms with E-state index in [1.807, 2.05) is 24.3 Å². The van der Waals surface area contributed by atoms with Crippen molar-refractivity contribution in [2.24, 2.45) is 5.73 Å². The Hall–Kier alpha value is -0.640. The summed E-state index contributed by atoms with van der Waals surface area (Å²) in [5.41, 5.74) is 11.8. The number of hydrogen-bond acceptors (Lipinski definition) is 3. The molecule has 1 aromatic carbocycles. The van der Waals surface area contributed by atoms with Gasteiger partial charge in [0.25, 0.3) is 0 Å². The topological polar surface area (TPSA) is 52.0 Å². The molecule has 0 bridgehead atoms. The molecular weight excluding hydrogens is 216 g/mol. The summed E-state index contributed by atoms with van der Waals surface area (Å²) in [6.45, 7) is 0.580. The summed E-state index contributed by atoms with van der Waals surface area (Å²) in [6.07, 6.45) is 3.96. The van der Waals surface area contributed by atoms with Crippen molar-refractivity contribution in [1.29, 1.82) is 0 Å². The molecule has 0 saturated carbocycles. The number of nitrogens with two attached hydrogens (primary N) is 2. The lowest BCUT2D eigenvalue weighted by Crippen LogP contribution is -1.92. The predicted molar refractivity (Wildman–Crippen MR) is 64.8 cm³/mol. The molecular formula is C10H13ClN2S. The molecule has 1 aromatic rings. The van der Waals surface area contributed by atoms with E-state index in [1.54, 1.807) is 17.8 Å². The van der Waals surface area contributed by atoms with Gasteiger partial charge >= 0.3 is 0 Å². The molecule has 1 rings (SSSR count). The third-order valence-corrected chi connectivity index (χ3v) is 2.89. The quantitative estimate of drug-likeness (QED) is 0.473. The van der Waals surface area contributed by atoms with Gasteiger partial charge in [0, 0.05) is 27.9 Å². The minimum atomic E-state index is 0.580. The zero-order chi connectivity index (χ0) is 10.4. The molecule has 76 valence electrons. The maximum atomic E-state index is 5.78. The van der Waals surface area contributed by atoms with Crippen LogP contribution in [0.3, 0.4) is 0 Å². The van der Waals surface area contributed by atoms with E-state index < -0.39 is 0 Å². The number of rotatable bonds is 4. The molecule has 14 heavy (non-hydrogen) atoms. The maximum Gasteiger partial charge on any atom is 0.0467 e. The zero-order valence-electron chi connectivity index (χ0n) is 7.74. The zero-order valence-corrected chi connectivity index (χ0v) is 9.31. The van der Waals surface area contributed by atoms with Gasteiger partial charge in [-0.25, -0.2) is 0 Å². The smallest absolute Gasteiger partial charge is 0.0467 e. The Morgan fingerprint density at radius 3 is 2.79 bits per heavy atom. The molecule has 0 heterocycles. The van der Waals surface area contributed by atoms with E-state index in [9.17, 15) is 0 Å². The molecule has 0 unspecified atom stereocenters. The van der Waals surface area contributed by atoms with Gasteiger partial charge in [-0.15, -0.1) is 11.8 Å².